The van der Waals surface area contributed by atoms with Gasteiger partial charge in [0.2, 0.25) is 5.91 Å². The van der Waals surface area contributed by atoms with Crippen molar-refractivity contribution in [3.63, 3.8) is 0 Å². The van der Waals surface area contributed by atoms with Crippen LogP contribution in [0.3, 0.4) is 0 Å². The minimum absolute atomic E-state index is 0.0814. The van der Waals surface area contributed by atoms with Crippen molar-refractivity contribution in [2.45, 2.75) is 5.92 Å². The molecule has 0 saturated carbocycles. The molecule has 1 aliphatic rings. The Hall–Kier alpha value is -1.43. The van der Waals surface area contributed by atoms with E-state index in [1.54, 1.807) is 0 Å². The van der Waals surface area contributed by atoms with Crippen LogP contribution in [-0.4, -0.2) is 55.4 Å². The predicted molar refractivity (Wildman–Crippen MR) is 76.2 cm³/mol. The fourth-order valence-electron chi connectivity index (χ4n) is 2.64. The molecule has 5 nitrogen and oxygen atoms in total. The summed E-state index contributed by atoms with van der Waals surface area (Å²) in [6.45, 7) is 3.45. The van der Waals surface area contributed by atoms with Crippen LogP contribution in [-0.2, 0) is 9.53 Å². The topological polar surface area (TPSA) is 75.8 Å². The number of rotatable bonds is 6. The highest BCUT2D eigenvalue weighted by Crippen LogP contribution is 2.25. The lowest BCUT2D eigenvalue weighted by Gasteiger charge is -2.32. The average Bonchev–Trinajstić information content (AvgIpc) is 2.49. The molecule has 1 amide bonds. The number of primary amides is 1. The molecule has 0 spiro atoms. The number of hydrogen-bond acceptors (Lipinski definition) is 4. The van der Waals surface area contributed by atoms with E-state index in [1.807, 2.05) is 30.3 Å². The zero-order chi connectivity index (χ0) is 14.4. The summed E-state index contributed by atoms with van der Waals surface area (Å²) >= 11 is 0. The molecule has 2 atom stereocenters. The summed E-state index contributed by atoms with van der Waals surface area (Å²) in [6.07, 6.45) is 0. The maximum Gasteiger partial charge on any atom is 0.222 e. The molecule has 3 N–H and O–H groups in total. The summed E-state index contributed by atoms with van der Waals surface area (Å²) in [7, 11) is 0. The van der Waals surface area contributed by atoms with Crippen LogP contribution in [0.2, 0.25) is 0 Å². The summed E-state index contributed by atoms with van der Waals surface area (Å²) in [5.74, 6) is -1.00. The number of aliphatic hydroxyl groups excluding tert-OH is 1. The summed E-state index contributed by atoms with van der Waals surface area (Å²) in [5.41, 5.74) is 6.51. The largest absolute Gasteiger partial charge is 0.396 e. The van der Waals surface area contributed by atoms with Crippen molar-refractivity contribution in [2.24, 2.45) is 11.7 Å². The highest BCUT2D eigenvalue weighted by Gasteiger charge is 2.29. The Labute approximate surface area is 119 Å². The number of carbonyl (C=O) groups excluding carboxylic acids is 1. The summed E-state index contributed by atoms with van der Waals surface area (Å²) in [5, 5.41) is 9.68. The third-order valence-corrected chi connectivity index (χ3v) is 3.83. The van der Waals surface area contributed by atoms with Gasteiger partial charge in [-0.1, -0.05) is 30.3 Å². The van der Waals surface area contributed by atoms with E-state index in [0.717, 1.165) is 18.7 Å². The van der Waals surface area contributed by atoms with Crippen molar-refractivity contribution in [3.8, 4) is 0 Å². The second kappa shape index (κ2) is 7.38. The number of amides is 1. The number of benzene rings is 1. The Kier molecular flexibility index (Phi) is 5.52. The van der Waals surface area contributed by atoms with Gasteiger partial charge in [-0.2, -0.15) is 0 Å². The van der Waals surface area contributed by atoms with Crippen LogP contribution in [0.25, 0.3) is 0 Å². The third-order valence-electron chi connectivity index (χ3n) is 3.83. The van der Waals surface area contributed by atoms with Gasteiger partial charge in [0.15, 0.2) is 0 Å². The van der Waals surface area contributed by atoms with Crippen molar-refractivity contribution < 1.29 is 14.6 Å². The molecule has 0 aliphatic carbocycles. The van der Waals surface area contributed by atoms with Crippen molar-refractivity contribution in [3.05, 3.63) is 35.9 Å². The van der Waals surface area contributed by atoms with Crippen LogP contribution in [0.4, 0.5) is 0 Å². The fourth-order valence-corrected chi connectivity index (χ4v) is 2.64. The van der Waals surface area contributed by atoms with Crippen LogP contribution < -0.4 is 5.73 Å². The standard InChI is InChI=1S/C15H22N2O3/c16-15(19)13(10-17-6-8-20-9-7-17)14(11-18)12-4-2-1-3-5-12/h1-5,13-14,18H,6-11H2,(H2,16,19). The highest BCUT2D eigenvalue weighted by molar-refractivity contribution is 5.78. The molecule has 0 bridgehead atoms. The molecule has 1 heterocycles. The SMILES string of the molecule is NC(=O)C(CN1CCOCC1)C(CO)c1ccccc1. The zero-order valence-corrected chi connectivity index (χ0v) is 11.6. The first-order valence-corrected chi connectivity index (χ1v) is 6.97. The van der Waals surface area contributed by atoms with Gasteiger partial charge >= 0.3 is 0 Å². The molecule has 110 valence electrons. The second-order valence-electron chi connectivity index (χ2n) is 5.12. The summed E-state index contributed by atoms with van der Waals surface area (Å²) < 4.78 is 5.31. The Morgan fingerprint density at radius 3 is 2.50 bits per heavy atom. The number of hydrogen-bond donors (Lipinski definition) is 2. The first-order chi connectivity index (χ1) is 9.72. The molecule has 2 unspecified atom stereocenters. The smallest absolute Gasteiger partial charge is 0.222 e. The van der Waals surface area contributed by atoms with E-state index < -0.39 is 0 Å². The number of ether oxygens (including phenoxy) is 1. The Balaban J connectivity index is 2.11. The van der Waals surface area contributed by atoms with E-state index in [-0.39, 0.29) is 24.3 Å². The highest BCUT2D eigenvalue weighted by atomic mass is 16.5. The Morgan fingerprint density at radius 1 is 1.30 bits per heavy atom. The van der Waals surface area contributed by atoms with E-state index in [9.17, 15) is 9.90 Å². The van der Waals surface area contributed by atoms with Crippen LogP contribution in [0.5, 0.6) is 0 Å². The molecule has 1 saturated heterocycles. The molecule has 1 aromatic carbocycles. The predicted octanol–water partition coefficient (Wildman–Crippen LogP) is 0.196. The van der Waals surface area contributed by atoms with E-state index in [1.165, 1.54) is 0 Å². The number of nitrogens with two attached hydrogens (primary N) is 1. The van der Waals surface area contributed by atoms with E-state index in [4.69, 9.17) is 10.5 Å². The zero-order valence-electron chi connectivity index (χ0n) is 11.6. The van der Waals surface area contributed by atoms with E-state index in [2.05, 4.69) is 4.90 Å². The fraction of sp³-hybridized carbons (Fsp3) is 0.533. The monoisotopic (exact) mass is 278 g/mol. The molecular weight excluding hydrogens is 256 g/mol. The van der Waals surface area contributed by atoms with Crippen LogP contribution in [0, 0.1) is 5.92 Å². The maximum absolute atomic E-state index is 11.8. The number of aliphatic hydroxyl groups is 1. The van der Waals surface area contributed by atoms with E-state index in [0.29, 0.717) is 19.8 Å². The normalized spacial score (nSPS) is 19.4. The van der Waals surface area contributed by atoms with Crippen LogP contribution in [0.1, 0.15) is 11.5 Å². The van der Waals surface area contributed by atoms with Gasteiger partial charge < -0.3 is 15.6 Å². The minimum Gasteiger partial charge on any atom is -0.396 e. The lowest BCUT2D eigenvalue weighted by molar-refractivity contribution is -0.124. The molecule has 1 fully saturated rings. The van der Waals surface area contributed by atoms with Crippen LogP contribution >= 0.6 is 0 Å². The van der Waals surface area contributed by atoms with Crippen molar-refractivity contribution in [2.75, 3.05) is 39.5 Å². The minimum atomic E-state index is -0.388. The van der Waals surface area contributed by atoms with Crippen molar-refractivity contribution >= 4 is 5.91 Å². The van der Waals surface area contributed by atoms with Crippen molar-refractivity contribution in [1.82, 2.24) is 4.90 Å². The lowest BCUT2D eigenvalue weighted by atomic mass is 9.85. The lowest BCUT2D eigenvalue weighted by Crippen LogP contribution is -2.44. The third kappa shape index (κ3) is 3.79. The number of carbonyl (C=O) groups is 1. The molecular formula is C15H22N2O3. The molecule has 5 heteroatoms. The number of morpholine rings is 1. The van der Waals surface area contributed by atoms with Gasteiger partial charge in [0, 0.05) is 25.6 Å². The van der Waals surface area contributed by atoms with Crippen molar-refractivity contribution in [1.29, 1.82) is 0 Å². The molecule has 2 rings (SSSR count). The quantitative estimate of drug-likeness (QED) is 0.779. The van der Waals surface area contributed by atoms with Gasteiger partial charge in [-0.3, -0.25) is 9.69 Å². The molecule has 1 aromatic rings. The number of nitrogens with zero attached hydrogens (tertiary/aromatic N) is 1. The Bertz CT molecular complexity index is 418. The van der Waals surface area contributed by atoms with Gasteiger partial charge in [-0.25, -0.2) is 0 Å². The molecule has 20 heavy (non-hydrogen) atoms. The maximum atomic E-state index is 11.8. The molecule has 0 aromatic heterocycles. The van der Waals surface area contributed by atoms with Gasteiger partial charge in [-0.15, -0.1) is 0 Å². The first kappa shape index (κ1) is 15.0. The molecule has 0 radical (unpaired) electrons. The molecule has 1 aliphatic heterocycles. The Morgan fingerprint density at radius 2 is 1.95 bits per heavy atom. The summed E-state index contributed by atoms with van der Waals surface area (Å²) in [6, 6.07) is 9.58. The van der Waals surface area contributed by atoms with Gasteiger partial charge in [0.05, 0.1) is 25.7 Å². The van der Waals surface area contributed by atoms with E-state index >= 15 is 0 Å². The average molecular weight is 278 g/mol. The van der Waals surface area contributed by atoms with Gasteiger partial charge in [0.25, 0.3) is 0 Å². The van der Waals surface area contributed by atoms with Gasteiger partial charge in [0.1, 0.15) is 0 Å². The first-order valence-electron chi connectivity index (χ1n) is 6.97. The summed E-state index contributed by atoms with van der Waals surface area (Å²) in [4.78, 5) is 14.0. The van der Waals surface area contributed by atoms with Crippen LogP contribution in [0.15, 0.2) is 30.3 Å². The second-order valence-corrected chi connectivity index (χ2v) is 5.12. The van der Waals surface area contributed by atoms with Gasteiger partial charge in [-0.05, 0) is 5.56 Å².